The van der Waals surface area contributed by atoms with Gasteiger partial charge in [0.05, 0.1) is 23.0 Å². The van der Waals surface area contributed by atoms with E-state index in [-0.39, 0.29) is 24.3 Å². The number of rotatable bonds is 8. The molecule has 0 bridgehead atoms. The molecule has 0 radical (unpaired) electrons. The van der Waals surface area contributed by atoms with E-state index in [0.717, 1.165) is 44.5 Å². The highest BCUT2D eigenvalue weighted by molar-refractivity contribution is 7.17. The van der Waals surface area contributed by atoms with E-state index in [0.29, 0.717) is 13.0 Å². The topological polar surface area (TPSA) is 62.3 Å². The number of aromatic nitrogens is 1. The van der Waals surface area contributed by atoms with E-state index in [9.17, 15) is 9.59 Å². The van der Waals surface area contributed by atoms with Gasteiger partial charge in [0.15, 0.2) is 0 Å². The number of nitrogens with one attached hydrogen (secondary N) is 1. The molecular formula is C27H25N3O2S2. The Morgan fingerprint density at radius 3 is 2.47 bits per heavy atom. The Bertz CT molecular complexity index is 1250. The lowest BCUT2D eigenvalue weighted by atomic mass is 10.1. The van der Waals surface area contributed by atoms with E-state index in [2.05, 4.69) is 5.32 Å². The number of thiazole rings is 1. The molecule has 7 heteroatoms. The van der Waals surface area contributed by atoms with E-state index in [1.165, 1.54) is 0 Å². The number of carbonyl (C=O) groups is 2. The van der Waals surface area contributed by atoms with Gasteiger partial charge in [0, 0.05) is 30.0 Å². The van der Waals surface area contributed by atoms with Crippen LogP contribution in [0.2, 0.25) is 0 Å². The maximum absolute atomic E-state index is 13.3. The zero-order valence-electron chi connectivity index (χ0n) is 18.6. The molecule has 5 rings (SSSR count). The number of hydrogen-bond donors (Lipinski definition) is 1. The fourth-order valence-corrected chi connectivity index (χ4v) is 6.10. The van der Waals surface area contributed by atoms with Crippen LogP contribution in [0, 0.1) is 0 Å². The third kappa shape index (κ3) is 5.11. The number of benzene rings is 2. The van der Waals surface area contributed by atoms with Gasteiger partial charge in [-0.2, -0.15) is 0 Å². The third-order valence-corrected chi connectivity index (χ3v) is 7.89. The lowest BCUT2D eigenvalue weighted by molar-refractivity contribution is -0.129. The number of likely N-dealkylation sites (tertiary alicyclic amines) is 1. The van der Waals surface area contributed by atoms with Crippen LogP contribution in [0.4, 0.5) is 0 Å². The zero-order chi connectivity index (χ0) is 23.3. The first-order chi connectivity index (χ1) is 16.7. The van der Waals surface area contributed by atoms with Gasteiger partial charge in [-0.05, 0) is 23.4 Å². The smallest absolute Gasteiger partial charge is 0.225 e. The maximum atomic E-state index is 13.3. The van der Waals surface area contributed by atoms with Crippen molar-refractivity contribution >= 4 is 34.5 Å². The number of amides is 2. The summed E-state index contributed by atoms with van der Waals surface area (Å²) in [5.74, 6) is 0.0895. The molecule has 2 aromatic carbocycles. The summed E-state index contributed by atoms with van der Waals surface area (Å²) < 4.78 is 0. The molecule has 0 spiro atoms. The van der Waals surface area contributed by atoms with Crippen molar-refractivity contribution in [2.45, 2.75) is 25.3 Å². The quantitative estimate of drug-likeness (QED) is 0.354. The van der Waals surface area contributed by atoms with Crippen molar-refractivity contribution in [1.82, 2.24) is 15.2 Å². The van der Waals surface area contributed by atoms with Crippen molar-refractivity contribution in [2.24, 2.45) is 0 Å². The molecule has 4 aromatic rings. The minimum atomic E-state index is -0.248. The Balaban J connectivity index is 1.39. The molecule has 1 saturated heterocycles. The monoisotopic (exact) mass is 487 g/mol. The van der Waals surface area contributed by atoms with Gasteiger partial charge in [-0.3, -0.25) is 9.59 Å². The summed E-state index contributed by atoms with van der Waals surface area (Å²) in [4.78, 5) is 34.3. The minimum Gasteiger partial charge on any atom is -0.347 e. The SMILES string of the molecule is O=C(Cc1sc(-c2ccccc2)nc1-c1cccs1)NC(CN1CCCC1=O)c1ccccc1. The van der Waals surface area contributed by atoms with Crippen LogP contribution in [0.1, 0.15) is 29.3 Å². The molecule has 2 amide bonds. The van der Waals surface area contributed by atoms with Crippen LogP contribution in [0.15, 0.2) is 78.2 Å². The number of hydrogen-bond acceptors (Lipinski definition) is 5. The fraction of sp³-hybridized carbons (Fsp3) is 0.222. The molecule has 5 nitrogen and oxygen atoms in total. The van der Waals surface area contributed by atoms with Crippen LogP contribution < -0.4 is 5.32 Å². The Morgan fingerprint density at radius 2 is 1.79 bits per heavy atom. The molecule has 1 N–H and O–H groups in total. The molecule has 1 fully saturated rings. The van der Waals surface area contributed by atoms with Gasteiger partial charge in [0.25, 0.3) is 0 Å². The summed E-state index contributed by atoms with van der Waals surface area (Å²) in [6.07, 6.45) is 1.71. The molecule has 0 saturated carbocycles. The summed E-state index contributed by atoms with van der Waals surface area (Å²) in [5, 5.41) is 6.14. The van der Waals surface area contributed by atoms with Crippen LogP contribution in [0.25, 0.3) is 21.1 Å². The molecule has 0 aliphatic carbocycles. The number of thiophene rings is 1. The Labute approximate surface area is 207 Å². The zero-order valence-corrected chi connectivity index (χ0v) is 20.3. The first-order valence-electron chi connectivity index (χ1n) is 11.4. The van der Waals surface area contributed by atoms with Crippen LogP contribution in [-0.4, -0.2) is 34.8 Å². The van der Waals surface area contributed by atoms with E-state index in [1.54, 1.807) is 22.7 Å². The summed E-state index contributed by atoms with van der Waals surface area (Å²) >= 11 is 3.19. The minimum absolute atomic E-state index is 0.0680. The molecule has 34 heavy (non-hydrogen) atoms. The summed E-state index contributed by atoms with van der Waals surface area (Å²) in [6.45, 7) is 1.24. The van der Waals surface area contributed by atoms with Crippen molar-refractivity contribution in [3.63, 3.8) is 0 Å². The van der Waals surface area contributed by atoms with E-state index >= 15 is 0 Å². The highest BCUT2D eigenvalue weighted by Gasteiger charge is 2.26. The van der Waals surface area contributed by atoms with Crippen LogP contribution in [0.5, 0.6) is 0 Å². The van der Waals surface area contributed by atoms with Crippen LogP contribution >= 0.6 is 22.7 Å². The molecule has 3 heterocycles. The molecular weight excluding hydrogens is 462 g/mol. The summed E-state index contributed by atoms with van der Waals surface area (Å²) in [6, 6.07) is 23.8. The van der Waals surface area contributed by atoms with Crippen molar-refractivity contribution in [1.29, 1.82) is 0 Å². The van der Waals surface area contributed by atoms with Crippen molar-refractivity contribution in [2.75, 3.05) is 13.1 Å². The normalized spacial score (nSPS) is 14.4. The van der Waals surface area contributed by atoms with Gasteiger partial charge in [-0.1, -0.05) is 66.7 Å². The molecule has 1 aliphatic heterocycles. The Morgan fingerprint density at radius 1 is 1.03 bits per heavy atom. The predicted molar refractivity (Wildman–Crippen MR) is 138 cm³/mol. The van der Waals surface area contributed by atoms with E-state index in [4.69, 9.17) is 4.98 Å². The van der Waals surface area contributed by atoms with Gasteiger partial charge in [-0.15, -0.1) is 22.7 Å². The van der Waals surface area contributed by atoms with Crippen LogP contribution in [-0.2, 0) is 16.0 Å². The number of carbonyl (C=O) groups excluding carboxylic acids is 2. The highest BCUT2D eigenvalue weighted by atomic mass is 32.1. The Kier molecular flexibility index (Phi) is 6.83. The predicted octanol–water partition coefficient (Wildman–Crippen LogP) is 5.56. The van der Waals surface area contributed by atoms with Gasteiger partial charge >= 0.3 is 0 Å². The molecule has 1 atom stereocenters. The van der Waals surface area contributed by atoms with Gasteiger partial charge < -0.3 is 10.2 Å². The molecule has 172 valence electrons. The standard InChI is InChI=1S/C27H25N3O2S2/c31-24(28-21(19-9-3-1-4-10-19)18-30-15-7-14-25(30)32)17-23-26(22-13-8-16-33-22)29-27(34-23)20-11-5-2-6-12-20/h1-6,8-13,16,21H,7,14-15,17-18H2,(H,28,31). The first kappa shape index (κ1) is 22.5. The van der Waals surface area contributed by atoms with Gasteiger partial charge in [0.2, 0.25) is 11.8 Å². The second kappa shape index (κ2) is 10.3. The fourth-order valence-electron chi connectivity index (χ4n) is 4.21. The maximum Gasteiger partial charge on any atom is 0.225 e. The lowest BCUT2D eigenvalue weighted by Crippen LogP contribution is -2.39. The second-order valence-corrected chi connectivity index (χ2v) is 10.3. The molecule has 1 unspecified atom stereocenters. The molecule has 1 aliphatic rings. The second-order valence-electron chi connectivity index (χ2n) is 8.28. The van der Waals surface area contributed by atoms with Crippen molar-refractivity contribution < 1.29 is 9.59 Å². The van der Waals surface area contributed by atoms with Gasteiger partial charge in [0.1, 0.15) is 5.01 Å². The van der Waals surface area contributed by atoms with Gasteiger partial charge in [-0.25, -0.2) is 4.98 Å². The summed E-state index contributed by atoms with van der Waals surface area (Å²) in [5.41, 5.74) is 2.93. The lowest BCUT2D eigenvalue weighted by Gasteiger charge is -2.25. The largest absolute Gasteiger partial charge is 0.347 e. The third-order valence-electron chi connectivity index (χ3n) is 5.91. The van der Waals surface area contributed by atoms with Crippen LogP contribution in [0.3, 0.4) is 0 Å². The average molecular weight is 488 g/mol. The van der Waals surface area contributed by atoms with Crippen molar-refractivity contribution in [3.05, 3.63) is 88.6 Å². The Hall–Kier alpha value is -3.29. The number of nitrogens with zero attached hydrogens (tertiary/aromatic N) is 2. The van der Waals surface area contributed by atoms with E-state index < -0.39 is 0 Å². The summed E-state index contributed by atoms with van der Waals surface area (Å²) in [7, 11) is 0. The van der Waals surface area contributed by atoms with Crippen molar-refractivity contribution in [3.8, 4) is 21.1 Å². The first-order valence-corrected chi connectivity index (χ1v) is 13.1. The van der Waals surface area contributed by atoms with E-state index in [1.807, 2.05) is 83.1 Å². The highest BCUT2D eigenvalue weighted by Crippen LogP contribution is 2.36. The molecule has 2 aromatic heterocycles. The average Bonchev–Trinajstić information content (AvgIpc) is 3.62.